The number of epoxide rings is 2. The van der Waals surface area contributed by atoms with E-state index in [4.69, 9.17) is 14.9 Å². The summed E-state index contributed by atoms with van der Waals surface area (Å²) in [5.41, 5.74) is 0. The van der Waals surface area contributed by atoms with E-state index in [2.05, 4.69) is 4.74 Å². The highest BCUT2D eigenvalue weighted by Crippen LogP contribution is 2.59. The van der Waals surface area contributed by atoms with Crippen molar-refractivity contribution >= 4 is 0 Å². The van der Waals surface area contributed by atoms with Crippen LogP contribution in [0.5, 0.6) is 0 Å². The molecule has 2 aliphatic heterocycles. The highest BCUT2D eigenvalue weighted by molar-refractivity contribution is 5.09. The fraction of sp³-hybridized carbons (Fsp3) is 1.00. The Hall–Kier alpha value is -0.160. The van der Waals surface area contributed by atoms with Gasteiger partial charge in [0.2, 0.25) is 0 Å². The number of hydrogen-bond acceptors (Lipinski definition) is 4. The van der Waals surface area contributed by atoms with Gasteiger partial charge in [-0.05, 0) is 6.92 Å². The van der Waals surface area contributed by atoms with Gasteiger partial charge in [-0.2, -0.15) is 0 Å². The molecule has 4 heteroatoms. The molecular weight excluding hydrogens is 112 g/mol. The Balaban J connectivity index is 2.17. The highest BCUT2D eigenvalue weighted by atomic mass is 17.0. The lowest BCUT2D eigenvalue weighted by atomic mass is 10.3. The molecule has 0 aliphatic carbocycles. The van der Waals surface area contributed by atoms with E-state index in [1.54, 1.807) is 6.92 Å². The summed E-state index contributed by atoms with van der Waals surface area (Å²) in [5.74, 6) is -3.03. The van der Waals surface area contributed by atoms with Crippen LogP contribution in [0.15, 0.2) is 0 Å². The Morgan fingerprint density at radius 3 is 1.88 bits per heavy atom. The van der Waals surface area contributed by atoms with E-state index >= 15 is 0 Å². The molecule has 0 aromatic heterocycles. The topological polar surface area (TPSA) is 65.5 Å². The van der Waals surface area contributed by atoms with Crippen molar-refractivity contribution in [3.63, 3.8) is 0 Å². The van der Waals surface area contributed by atoms with Crippen LogP contribution in [-0.4, -0.2) is 28.1 Å². The molecule has 4 nitrogen and oxygen atoms in total. The van der Waals surface area contributed by atoms with Gasteiger partial charge < -0.3 is 14.9 Å². The summed E-state index contributed by atoms with van der Waals surface area (Å²) >= 11 is 0. The van der Waals surface area contributed by atoms with Gasteiger partial charge in [-0.1, -0.05) is 0 Å². The van der Waals surface area contributed by atoms with Crippen LogP contribution in [0.1, 0.15) is 6.92 Å². The van der Waals surface area contributed by atoms with Crippen molar-refractivity contribution < 1.29 is 19.7 Å². The molecule has 2 rings (SSSR count). The summed E-state index contributed by atoms with van der Waals surface area (Å²) < 4.78 is 9.11. The van der Waals surface area contributed by atoms with E-state index in [-0.39, 0.29) is 6.10 Å². The molecule has 0 aromatic carbocycles. The summed E-state index contributed by atoms with van der Waals surface area (Å²) in [5, 5.41) is 17.2. The predicted octanol–water partition coefficient (Wildman–Crippen LogP) is -1.23. The molecule has 2 unspecified atom stereocenters. The maximum Gasteiger partial charge on any atom is 0.341 e. The van der Waals surface area contributed by atoms with Crippen molar-refractivity contribution in [3.05, 3.63) is 0 Å². The fourth-order valence-electron chi connectivity index (χ4n) is 0.863. The Kier molecular flexibility index (Phi) is 0.483. The molecule has 2 saturated heterocycles. The Morgan fingerprint density at radius 2 is 1.88 bits per heavy atom. The summed E-state index contributed by atoms with van der Waals surface area (Å²) in [4.78, 5) is 0. The zero-order chi connectivity index (χ0) is 5.99. The molecule has 8 heavy (non-hydrogen) atoms. The predicted molar refractivity (Wildman–Crippen MR) is 21.5 cm³/mol. The van der Waals surface area contributed by atoms with Crippen LogP contribution >= 0.6 is 0 Å². The third-order valence-corrected chi connectivity index (χ3v) is 1.54. The lowest BCUT2D eigenvalue weighted by Gasteiger charge is -1.83. The van der Waals surface area contributed by atoms with E-state index in [0.717, 1.165) is 0 Å². The summed E-state index contributed by atoms with van der Waals surface area (Å²) in [6.45, 7) is 1.72. The minimum absolute atomic E-state index is 0.169. The van der Waals surface area contributed by atoms with Gasteiger partial charge in [-0.15, -0.1) is 0 Å². The molecule has 0 bridgehead atoms. The van der Waals surface area contributed by atoms with Gasteiger partial charge in [-0.25, -0.2) is 0 Å². The molecule has 2 atom stereocenters. The van der Waals surface area contributed by atoms with Gasteiger partial charge in [0.05, 0.1) is 0 Å². The Morgan fingerprint density at radius 1 is 1.50 bits per heavy atom. The van der Waals surface area contributed by atoms with Gasteiger partial charge in [0.1, 0.15) is 6.10 Å². The molecule has 2 aliphatic rings. The third kappa shape index (κ3) is 0.287. The first-order chi connectivity index (χ1) is 3.58. The normalized spacial score (nSPS) is 56.6. The van der Waals surface area contributed by atoms with Crippen LogP contribution in [0.3, 0.4) is 0 Å². The first-order valence-electron chi connectivity index (χ1n) is 2.41. The molecular formula is C4H6O4. The van der Waals surface area contributed by atoms with Crippen LogP contribution in [0.2, 0.25) is 0 Å². The standard InChI is InChI=1S/C4H6O4/c1-2-3(7-2)4(5,6)8-3/h2,5-6H,1H3. The van der Waals surface area contributed by atoms with E-state index in [9.17, 15) is 0 Å². The average molecular weight is 118 g/mol. The Bertz CT molecular complexity index is 143. The third-order valence-electron chi connectivity index (χ3n) is 1.54. The van der Waals surface area contributed by atoms with E-state index in [1.807, 2.05) is 0 Å². The van der Waals surface area contributed by atoms with Crippen LogP contribution in [0.25, 0.3) is 0 Å². The molecule has 46 valence electrons. The molecule has 0 saturated carbocycles. The smallest absolute Gasteiger partial charge is 0.339 e. The molecule has 0 aromatic rings. The molecule has 2 N–H and O–H groups in total. The second-order valence-electron chi connectivity index (χ2n) is 2.14. The number of hydrogen-bond donors (Lipinski definition) is 2. The van der Waals surface area contributed by atoms with Gasteiger partial charge in [0.25, 0.3) is 5.79 Å². The first kappa shape index (κ1) is 4.69. The fourth-order valence-corrected chi connectivity index (χ4v) is 0.863. The first-order valence-corrected chi connectivity index (χ1v) is 2.41. The van der Waals surface area contributed by atoms with E-state index < -0.39 is 11.8 Å². The van der Waals surface area contributed by atoms with Crippen molar-refractivity contribution in [2.24, 2.45) is 0 Å². The molecule has 2 heterocycles. The SMILES string of the molecule is CC1OC12OC2(O)O. The largest absolute Gasteiger partial charge is 0.341 e. The molecule has 1 spiro atoms. The highest BCUT2D eigenvalue weighted by Gasteiger charge is 2.86. The quantitative estimate of drug-likeness (QED) is 0.309. The van der Waals surface area contributed by atoms with Crippen LogP contribution in [0.4, 0.5) is 0 Å². The zero-order valence-corrected chi connectivity index (χ0v) is 4.29. The Labute approximate surface area is 45.6 Å². The molecule has 0 radical (unpaired) electrons. The van der Waals surface area contributed by atoms with Crippen LogP contribution in [-0.2, 0) is 9.47 Å². The number of rotatable bonds is 0. The van der Waals surface area contributed by atoms with Crippen molar-refractivity contribution in [2.75, 3.05) is 0 Å². The van der Waals surface area contributed by atoms with Crippen molar-refractivity contribution in [2.45, 2.75) is 24.8 Å². The van der Waals surface area contributed by atoms with Crippen LogP contribution in [0, 0.1) is 0 Å². The zero-order valence-electron chi connectivity index (χ0n) is 4.29. The molecule has 2 fully saturated rings. The second-order valence-corrected chi connectivity index (χ2v) is 2.14. The minimum atomic E-state index is -1.99. The minimum Gasteiger partial charge on any atom is -0.339 e. The summed E-state index contributed by atoms with van der Waals surface area (Å²) in [6, 6.07) is 0. The monoisotopic (exact) mass is 118 g/mol. The molecule has 0 amide bonds. The van der Waals surface area contributed by atoms with Gasteiger partial charge >= 0.3 is 5.97 Å². The van der Waals surface area contributed by atoms with Crippen molar-refractivity contribution in [1.82, 2.24) is 0 Å². The lowest BCUT2D eigenvalue weighted by molar-refractivity contribution is -0.152. The van der Waals surface area contributed by atoms with Crippen LogP contribution < -0.4 is 0 Å². The van der Waals surface area contributed by atoms with Crippen molar-refractivity contribution in [1.29, 1.82) is 0 Å². The van der Waals surface area contributed by atoms with Crippen molar-refractivity contribution in [3.8, 4) is 0 Å². The maximum atomic E-state index is 8.60. The average Bonchev–Trinajstić information content (AvgIpc) is 2.24. The number of aliphatic hydroxyl groups is 2. The van der Waals surface area contributed by atoms with Gasteiger partial charge in [0, 0.05) is 0 Å². The van der Waals surface area contributed by atoms with Gasteiger partial charge in [-0.3, -0.25) is 4.74 Å². The summed E-state index contributed by atoms with van der Waals surface area (Å²) in [6.07, 6.45) is -0.169. The van der Waals surface area contributed by atoms with E-state index in [1.165, 1.54) is 0 Å². The van der Waals surface area contributed by atoms with Gasteiger partial charge in [0.15, 0.2) is 0 Å². The summed E-state index contributed by atoms with van der Waals surface area (Å²) in [7, 11) is 0. The second kappa shape index (κ2) is 0.823. The maximum absolute atomic E-state index is 8.60. The lowest BCUT2D eigenvalue weighted by Crippen LogP contribution is -2.14. The van der Waals surface area contributed by atoms with E-state index in [0.29, 0.717) is 0 Å². The number of ether oxygens (including phenoxy) is 2.